The second kappa shape index (κ2) is 11.6. The molecule has 0 radical (unpaired) electrons. The first kappa shape index (κ1) is 28.5. The molecule has 0 aromatic heterocycles. The molecule has 8 heteroatoms. The number of benzene rings is 2. The van der Waals surface area contributed by atoms with Crippen LogP contribution in [0.25, 0.3) is 0 Å². The third-order valence-electron chi connectivity index (χ3n) is 9.33. The summed E-state index contributed by atoms with van der Waals surface area (Å²) in [6.45, 7) is 6.83. The lowest BCUT2D eigenvalue weighted by Crippen LogP contribution is -2.56. The monoisotopic (exact) mass is 571 g/mol. The normalized spacial score (nSPS) is 28.3. The van der Waals surface area contributed by atoms with Gasteiger partial charge in [0.05, 0.1) is 31.1 Å². The summed E-state index contributed by atoms with van der Waals surface area (Å²) in [6.07, 6.45) is 8.32. The van der Waals surface area contributed by atoms with E-state index < -0.39 is 29.6 Å². The van der Waals surface area contributed by atoms with E-state index in [1.54, 1.807) is 4.90 Å². The Morgan fingerprint density at radius 1 is 1.05 bits per heavy atom. The van der Waals surface area contributed by atoms with Gasteiger partial charge in [0, 0.05) is 17.3 Å². The molecule has 2 aromatic rings. The fraction of sp³-hybridized carbons (Fsp3) is 0.500. The van der Waals surface area contributed by atoms with E-state index in [4.69, 9.17) is 9.47 Å². The fourth-order valence-electron chi connectivity index (χ4n) is 7.26. The van der Waals surface area contributed by atoms with E-state index in [2.05, 4.69) is 24.5 Å². The van der Waals surface area contributed by atoms with Crippen molar-refractivity contribution in [2.75, 3.05) is 11.9 Å². The van der Waals surface area contributed by atoms with Crippen molar-refractivity contribution >= 4 is 23.4 Å². The Balaban J connectivity index is 1.31. The van der Waals surface area contributed by atoms with Crippen molar-refractivity contribution in [2.24, 2.45) is 11.8 Å². The maximum absolute atomic E-state index is 14.4. The van der Waals surface area contributed by atoms with Crippen molar-refractivity contribution in [2.45, 2.75) is 89.1 Å². The van der Waals surface area contributed by atoms with Gasteiger partial charge in [0.1, 0.15) is 17.4 Å². The van der Waals surface area contributed by atoms with Crippen molar-refractivity contribution in [1.82, 2.24) is 10.2 Å². The van der Waals surface area contributed by atoms with E-state index >= 15 is 0 Å². The summed E-state index contributed by atoms with van der Waals surface area (Å²) in [5, 5.41) is 6.27. The van der Waals surface area contributed by atoms with Gasteiger partial charge in [0.2, 0.25) is 17.7 Å². The van der Waals surface area contributed by atoms with Gasteiger partial charge >= 0.3 is 0 Å². The van der Waals surface area contributed by atoms with Crippen molar-refractivity contribution in [3.05, 3.63) is 71.8 Å². The van der Waals surface area contributed by atoms with Crippen LogP contribution in [0.1, 0.15) is 69.9 Å². The second-order valence-corrected chi connectivity index (χ2v) is 12.3. The average Bonchev–Trinajstić information content (AvgIpc) is 3.62. The first-order chi connectivity index (χ1) is 20.3. The molecule has 1 aliphatic carbocycles. The van der Waals surface area contributed by atoms with Crippen LogP contribution in [0.15, 0.2) is 60.7 Å². The van der Waals surface area contributed by atoms with Gasteiger partial charge in [-0.15, -0.1) is 0 Å². The van der Waals surface area contributed by atoms with Gasteiger partial charge in [0.15, 0.2) is 0 Å². The first-order valence-corrected chi connectivity index (χ1v) is 15.4. The van der Waals surface area contributed by atoms with Crippen molar-refractivity contribution in [3.8, 4) is 5.75 Å². The molecule has 2 saturated heterocycles. The molecule has 2 bridgehead atoms. The number of hydrogen-bond acceptors (Lipinski definition) is 5. The topological polar surface area (TPSA) is 97.0 Å². The minimum Gasteiger partial charge on any atom is -0.494 e. The number of nitrogens with zero attached hydrogens (tertiary/aromatic N) is 1. The molecule has 4 aliphatic rings. The molecule has 0 unspecified atom stereocenters. The molecule has 3 aliphatic heterocycles. The second-order valence-electron chi connectivity index (χ2n) is 12.3. The lowest BCUT2D eigenvalue weighted by Gasteiger charge is -2.34. The SMILES string of the molecule is CCOc1ccccc1CN1C(=O)[C@H]2[C@@H](C(=O)Nc3ccc(C(C)C)cc3)[C@H]3C=C[C@@]2(O3)[C@@H]1C(=O)NC1CCCCC1. The molecule has 6 rings (SSSR count). The van der Waals surface area contributed by atoms with E-state index in [0.717, 1.165) is 31.2 Å². The quantitative estimate of drug-likeness (QED) is 0.416. The number of anilines is 1. The van der Waals surface area contributed by atoms with Crippen LogP contribution in [0.5, 0.6) is 5.75 Å². The molecule has 222 valence electrons. The number of likely N-dealkylation sites (tertiary alicyclic amines) is 1. The maximum atomic E-state index is 14.4. The summed E-state index contributed by atoms with van der Waals surface area (Å²) in [6, 6.07) is 14.5. The van der Waals surface area contributed by atoms with E-state index in [9.17, 15) is 14.4 Å². The average molecular weight is 572 g/mol. The lowest BCUT2D eigenvalue weighted by molar-refractivity contribution is -0.142. The Bertz CT molecular complexity index is 1370. The number of rotatable bonds is 9. The predicted molar refractivity (Wildman–Crippen MR) is 160 cm³/mol. The number of amides is 3. The van der Waals surface area contributed by atoms with Crippen LogP contribution in [-0.2, 0) is 25.7 Å². The molecule has 2 N–H and O–H groups in total. The predicted octanol–water partition coefficient (Wildman–Crippen LogP) is 4.95. The molecular formula is C34H41N3O5. The van der Waals surface area contributed by atoms with Crippen LogP contribution < -0.4 is 15.4 Å². The molecule has 3 heterocycles. The third-order valence-corrected chi connectivity index (χ3v) is 9.33. The summed E-state index contributed by atoms with van der Waals surface area (Å²) in [4.78, 5) is 43.9. The molecule has 3 amide bonds. The number of nitrogens with one attached hydrogen (secondary N) is 2. The number of ether oxygens (including phenoxy) is 2. The third kappa shape index (κ3) is 5.00. The Morgan fingerprint density at radius 3 is 2.50 bits per heavy atom. The molecule has 5 atom stereocenters. The van der Waals surface area contributed by atoms with Crippen LogP contribution in [0.4, 0.5) is 5.69 Å². The van der Waals surface area contributed by atoms with Gasteiger partial charge in [-0.05, 0) is 49.4 Å². The Labute approximate surface area is 247 Å². The van der Waals surface area contributed by atoms with Crippen molar-refractivity contribution < 1.29 is 23.9 Å². The minimum atomic E-state index is -1.20. The number of carbonyl (C=O) groups excluding carboxylic acids is 3. The molecule has 1 saturated carbocycles. The van der Waals surface area contributed by atoms with E-state index in [-0.39, 0.29) is 30.3 Å². The van der Waals surface area contributed by atoms with Crippen molar-refractivity contribution in [1.29, 1.82) is 0 Å². The summed E-state index contributed by atoms with van der Waals surface area (Å²) in [5.74, 6) is -1.23. The van der Waals surface area contributed by atoms with Crippen LogP contribution in [0, 0.1) is 11.8 Å². The maximum Gasteiger partial charge on any atom is 0.246 e. The minimum absolute atomic E-state index is 0.0739. The van der Waals surface area contributed by atoms with E-state index in [1.165, 1.54) is 12.0 Å². The molecular weight excluding hydrogens is 530 g/mol. The lowest BCUT2D eigenvalue weighted by atomic mass is 9.74. The standard InChI is InChI=1S/C34H41N3O5/c1-4-41-26-13-9-8-10-23(26)20-37-30(32(39)36-24-11-6-5-7-12-24)34-19-18-27(42-34)28(29(34)33(37)40)31(38)35-25-16-14-22(15-17-25)21(2)3/h8-10,13-19,21,24,27-30H,4-7,11-12,20H2,1-3H3,(H,35,38)(H,36,39)/t27-,28+,29-,30+,34+/m1/s1. The van der Waals surface area contributed by atoms with E-state index in [1.807, 2.05) is 67.6 Å². The highest BCUT2D eigenvalue weighted by Gasteiger charge is 2.72. The molecule has 2 aromatic carbocycles. The number of fused-ring (bicyclic) bond motifs is 1. The highest BCUT2D eigenvalue weighted by atomic mass is 16.5. The summed E-state index contributed by atoms with van der Waals surface area (Å²) in [5.41, 5.74) is 1.46. The zero-order valence-corrected chi connectivity index (χ0v) is 24.7. The van der Waals surface area contributed by atoms with Gasteiger partial charge in [-0.1, -0.05) is 75.6 Å². The van der Waals surface area contributed by atoms with E-state index in [0.29, 0.717) is 24.0 Å². The molecule has 1 spiro atoms. The highest BCUT2D eigenvalue weighted by Crippen LogP contribution is 2.55. The Hall–Kier alpha value is -3.65. The van der Waals surface area contributed by atoms with Gasteiger partial charge in [0.25, 0.3) is 0 Å². The summed E-state index contributed by atoms with van der Waals surface area (Å²) >= 11 is 0. The highest BCUT2D eigenvalue weighted by molar-refractivity contribution is 6.02. The van der Waals surface area contributed by atoms with Crippen LogP contribution in [0.3, 0.4) is 0 Å². The van der Waals surface area contributed by atoms with Crippen LogP contribution in [0.2, 0.25) is 0 Å². The van der Waals surface area contributed by atoms with Crippen LogP contribution >= 0.6 is 0 Å². The number of carbonyl (C=O) groups is 3. The van der Waals surface area contributed by atoms with Crippen molar-refractivity contribution in [3.63, 3.8) is 0 Å². The van der Waals surface area contributed by atoms with Gasteiger partial charge in [-0.25, -0.2) is 0 Å². The summed E-state index contributed by atoms with van der Waals surface area (Å²) < 4.78 is 12.4. The Morgan fingerprint density at radius 2 is 1.79 bits per heavy atom. The first-order valence-electron chi connectivity index (χ1n) is 15.4. The van der Waals surface area contributed by atoms with Gasteiger partial charge in [-0.3, -0.25) is 14.4 Å². The Kier molecular flexibility index (Phi) is 7.83. The smallest absolute Gasteiger partial charge is 0.246 e. The zero-order valence-electron chi connectivity index (χ0n) is 24.7. The largest absolute Gasteiger partial charge is 0.494 e. The molecule has 42 heavy (non-hydrogen) atoms. The fourth-order valence-corrected chi connectivity index (χ4v) is 7.26. The molecule has 8 nitrogen and oxygen atoms in total. The number of para-hydroxylation sites is 1. The van der Waals surface area contributed by atoms with Crippen LogP contribution in [-0.4, -0.2) is 53.0 Å². The summed E-state index contributed by atoms with van der Waals surface area (Å²) in [7, 11) is 0. The molecule has 3 fully saturated rings. The van der Waals surface area contributed by atoms with Gasteiger partial charge in [-0.2, -0.15) is 0 Å². The van der Waals surface area contributed by atoms with Gasteiger partial charge < -0.3 is 25.0 Å². The zero-order chi connectivity index (χ0) is 29.4. The number of hydrogen-bond donors (Lipinski definition) is 2.